The lowest BCUT2D eigenvalue weighted by molar-refractivity contribution is -0.141. The highest BCUT2D eigenvalue weighted by molar-refractivity contribution is 6.34. The molecule has 0 saturated heterocycles. The van der Waals surface area contributed by atoms with E-state index in [2.05, 4.69) is 10.2 Å². The van der Waals surface area contributed by atoms with Gasteiger partial charge in [0.15, 0.2) is 5.69 Å². The first kappa shape index (κ1) is 23.8. The van der Waals surface area contributed by atoms with E-state index in [0.29, 0.717) is 0 Å². The maximum absolute atomic E-state index is 14.0. The van der Waals surface area contributed by atoms with Crippen LogP contribution in [-0.2, 0) is 15.7 Å². The highest BCUT2D eigenvalue weighted by Crippen LogP contribution is 2.37. The summed E-state index contributed by atoms with van der Waals surface area (Å²) in [6.07, 6.45) is -5.42. The molecule has 1 amide bonds. The van der Waals surface area contributed by atoms with Crippen molar-refractivity contribution in [3.05, 3.63) is 75.5 Å². The van der Waals surface area contributed by atoms with Gasteiger partial charge in [0.25, 0.3) is 5.91 Å². The maximum Gasteiger partial charge on any atom is 0.436 e. The number of rotatable bonds is 5. The van der Waals surface area contributed by atoms with Gasteiger partial charge in [-0.3, -0.25) is 4.79 Å². The van der Waals surface area contributed by atoms with E-state index in [4.69, 9.17) is 27.9 Å². The van der Waals surface area contributed by atoms with Gasteiger partial charge in [-0.2, -0.15) is 28.4 Å². The van der Waals surface area contributed by atoms with Crippen molar-refractivity contribution in [2.24, 2.45) is 5.10 Å². The fourth-order valence-electron chi connectivity index (χ4n) is 3.45. The summed E-state index contributed by atoms with van der Waals surface area (Å²) in [5.41, 5.74) is -2.51. The molecule has 0 aliphatic carbocycles. The molecule has 3 aromatic rings. The molecule has 0 bridgehead atoms. The monoisotopic (exact) mass is 510 g/mol. The Balaban J connectivity index is 2.00. The molecule has 0 spiro atoms. The van der Waals surface area contributed by atoms with E-state index in [0.717, 1.165) is 9.69 Å². The van der Waals surface area contributed by atoms with Gasteiger partial charge in [0.2, 0.25) is 0 Å². The summed E-state index contributed by atoms with van der Waals surface area (Å²) in [6.45, 7) is 1.28. The molecule has 0 unspecified atom stereocenters. The normalized spacial score (nSPS) is 13.9. The van der Waals surface area contributed by atoms with Crippen LogP contribution in [0.5, 0.6) is 0 Å². The van der Waals surface area contributed by atoms with Crippen molar-refractivity contribution in [2.45, 2.75) is 19.5 Å². The molecule has 0 fully saturated rings. The summed E-state index contributed by atoms with van der Waals surface area (Å²) in [6, 6.07) is 12.4. The van der Waals surface area contributed by atoms with Crippen LogP contribution in [0.3, 0.4) is 0 Å². The number of halogens is 5. The smallest absolute Gasteiger partial charge is 0.436 e. The minimum absolute atomic E-state index is 0.0616. The Morgan fingerprint density at radius 2 is 1.65 bits per heavy atom. The third-order valence-electron chi connectivity index (χ3n) is 4.84. The van der Waals surface area contributed by atoms with Gasteiger partial charge in [-0.05, 0) is 31.2 Å². The first-order valence-electron chi connectivity index (χ1n) is 9.91. The van der Waals surface area contributed by atoms with E-state index < -0.39 is 35.7 Å². The van der Waals surface area contributed by atoms with Crippen molar-refractivity contribution < 1.29 is 27.5 Å². The minimum Gasteiger partial charge on any atom is -0.462 e. The predicted octanol–water partition coefficient (Wildman–Crippen LogP) is 5.52. The van der Waals surface area contributed by atoms with Crippen molar-refractivity contribution in [3.8, 4) is 5.69 Å². The maximum atomic E-state index is 14.0. The molecule has 1 aliphatic heterocycles. The number of carbonyl (C=O) groups excluding carboxylic acids is 2. The Hall–Kier alpha value is -3.37. The van der Waals surface area contributed by atoms with Crippen LogP contribution in [-0.4, -0.2) is 34.0 Å². The zero-order valence-corrected chi connectivity index (χ0v) is 18.9. The van der Waals surface area contributed by atoms with Gasteiger partial charge in [-0.15, -0.1) is 0 Å². The number of aromatic nitrogens is 2. The predicted molar refractivity (Wildman–Crippen MR) is 120 cm³/mol. The van der Waals surface area contributed by atoms with Crippen molar-refractivity contribution >= 4 is 46.5 Å². The molecule has 0 N–H and O–H groups in total. The number of hydrazone groups is 1. The lowest BCUT2D eigenvalue weighted by Gasteiger charge is -2.13. The Morgan fingerprint density at radius 1 is 1.06 bits per heavy atom. The minimum atomic E-state index is -5.01. The van der Waals surface area contributed by atoms with Crippen LogP contribution in [0, 0.1) is 0 Å². The molecule has 4 rings (SSSR count). The number of benzene rings is 2. The Labute approximate surface area is 201 Å². The Morgan fingerprint density at radius 3 is 2.21 bits per heavy atom. The number of alkyl halides is 3. The summed E-state index contributed by atoms with van der Waals surface area (Å²) in [5, 5.41) is 9.15. The molecule has 0 radical (unpaired) electrons. The van der Waals surface area contributed by atoms with E-state index in [1.165, 1.54) is 31.2 Å². The quantitative estimate of drug-likeness (QED) is 0.423. The first-order valence-corrected chi connectivity index (χ1v) is 10.7. The Kier molecular flexibility index (Phi) is 6.37. The van der Waals surface area contributed by atoms with Crippen molar-refractivity contribution in [1.29, 1.82) is 0 Å². The molecule has 2 aromatic carbocycles. The van der Waals surface area contributed by atoms with Gasteiger partial charge >= 0.3 is 12.1 Å². The topological polar surface area (TPSA) is 76.8 Å². The van der Waals surface area contributed by atoms with E-state index >= 15 is 0 Å². The highest BCUT2D eigenvalue weighted by Gasteiger charge is 2.45. The van der Waals surface area contributed by atoms with Crippen LogP contribution in [0.4, 0.5) is 18.9 Å². The highest BCUT2D eigenvalue weighted by atomic mass is 35.5. The third kappa shape index (κ3) is 4.26. The molecule has 1 aliphatic rings. The summed E-state index contributed by atoms with van der Waals surface area (Å²) in [5.74, 6) is -1.81. The van der Waals surface area contributed by atoms with E-state index in [9.17, 15) is 22.8 Å². The van der Waals surface area contributed by atoms with Crippen molar-refractivity contribution in [3.63, 3.8) is 0 Å². The molecule has 2 heterocycles. The van der Waals surface area contributed by atoms with Crippen LogP contribution in [0.25, 0.3) is 5.69 Å². The molecule has 12 heteroatoms. The van der Waals surface area contributed by atoms with Crippen LogP contribution >= 0.6 is 23.2 Å². The largest absolute Gasteiger partial charge is 0.462 e. The second-order valence-corrected chi connectivity index (χ2v) is 7.85. The van der Waals surface area contributed by atoms with Gasteiger partial charge in [0.1, 0.15) is 11.3 Å². The van der Waals surface area contributed by atoms with Crippen LogP contribution in [0.2, 0.25) is 10.0 Å². The summed E-state index contributed by atoms with van der Waals surface area (Å²) in [7, 11) is 0. The number of carbonyl (C=O) groups is 2. The number of nitrogens with zero attached hydrogens (tertiary/aromatic N) is 4. The summed E-state index contributed by atoms with van der Waals surface area (Å²) < 4.78 is 47.7. The number of amides is 1. The second-order valence-electron chi connectivity index (χ2n) is 7.03. The Bertz CT molecular complexity index is 1320. The fraction of sp³-hybridized carbons (Fsp3) is 0.182. The number of hydrogen-bond donors (Lipinski definition) is 0. The first-order chi connectivity index (χ1) is 16.1. The van der Waals surface area contributed by atoms with Crippen LogP contribution in [0.15, 0.2) is 53.6 Å². The van der Waals surface area contributed by atoms with E-state index in [-0.39, 0.29) is 39.4 Å². The van der Waals surface area contributed by atoms with Crippen molar-refractivity contribution in [2.75, 3.05) is 11.6 Å². The molecular weight excluding hydrogens is 496 g/mol. The number of para-hydroxylation sites is 2. The number of ether oxygens (including phenoxy) is 1. The van der Waals surface area contributed by atoms with Crippen molar-refractivity contribution in [1.82, 2.24) is 9.78 Å². The van der Waals surface area contributed by atoms with Gasteiger partial charge < -0.3 is 4.74 Å². The lowest BCUT2D eigenvalue weighted by Crippen LogP contribution is -2.20. The molecule has 0 atom stereocenters. The fourth-order valence-corrected chi connectivity index (χ4v) is 3.88. The zero-order valence-electron chi connectivity index (χ0n) is 17.4. The number of anilines is 1. The van der Waals surface area contributed by atoms with Gasteiger partial charge in [0.05, 0.1) is 40.2 Å². The molecule has 176 valence electrons. The average molecular weight is 511 g/mol. The lowest BCUT2D eigenvalue weighted by atomic mass is 10.1. The van der Waals surface area contributed by atoms with Gasteiger partial charge in [-0.25, -0.2) is 9.48 Å². The number of esters is 1. The van der Waals surface area contributed by atoms with E-state index in [1.54, 1.807) is 24.3 Å². The summed E-state index contributed by atoms with van der Waals surface area (Å²) in [4.78, 5) is 25.5. The van der Waals surface area contributed by atoms with E-state index in [1.807, 2.05) is 0 Å². The number of hydrogen-bond acceptors (Lipinski definition) is 5. The molecule has 34 heavy (non-hydrogen) atoms. The van der Waals surface area contributed by atoms with Crippen LogP contribution in [0.1, 0.15) is 35.1 Å². The second kappa shape index (κ2) is 9.11. The SMILES string of the molecule is CCOC(=O)c1c(C(F)(F)F)nn(-c2ccccc2Cl)c1C1=NN(c2ccccc2Cl)C(=O)C1. The molecule has 1 aromatic heterocycles. The third-order valence-corrected chi connectivity index (χ3v) is 5.48. The molecule has 0 saturated carbocycles. The van der Waals surface area contributed by atoms with Crippen LogP contribution < -0.4 is 5.01 Å². The van der Waals surface area contributed by atoms with Gasteiger partial charge in [0, 0.05) is 0 Å². The molecule has 7 nitrogen and oxygen atoms in total. The van der Waals surface area contributed by atoms with Gasteiger partial charge in [-0.1, -0.05) is 47.5 Å². The summed E-state index contributed by atoms with van der Waals surface area (Å²) >= 11 is 12.4. The molecular formula is C22H15Cl2F3N4O3. The average Bonchev–Trinajstić information content (AvgIpc) is 3.35. The zero-order chi connectivity index (χ0) is 24.6. The standard InChI is InChI=1S/C22H15Cl2F3N4O3/c1-2-34-21(33)18-19(14-11-17(32)30(28-14)15-9-5-3-7-12(15)23)31(29-20(18)22(25,26)27)16-10-6-4-8-13(16)24/h3-10H,2,11H2,1H3.